The van der Waals surface area contributed by atoms with E-state index in [0.717, 1.165) is 6.61 Å². The summed E-state index contributed by atoms with van der Waals surface area (Å²) < 4.78 is 5.88. The molecule has 0 spiro atoms. The molecule has 0 aromatic rings. The Bertz CT molecular complexity index is 190. The fourth-order valence-electron chi connectivity index (χ4n) is 1.58. The number of hydrogen-bond donors (Lipinski definition) is 0. The van der Waals surface area contributed by atoms with Crippen LogP contribution < -0.4 is 0 Å². The van der Waals surface area contributed by atoms with Crippen LogP contribution in [0, 0.1) is 10.8 Å². The van der Waals surface area contributed by atoms with E-state index >= 15 is 0 Å². The first-order chi connectivity index (χ1) is 6.91. The Labute approximate surface area is 103 Å². The van der Waals surface area contributed by atoms with Crippen LogP contribution in [0.1, 0.15) is 74.7 Å². The predicted molar refractivity (Wildman–Crippen MR) is 72.8 cm³/mol. The Morgan fingerprint density at radius 3 is 1.62 bits per heavy atom. The zero-order valence-electron chi connectivity index (χ0n) is 12.7. The van der Waals surface area contributed by atoms with Crippen molar-refractivity contribution in [3.05, 3.63) is 0 Å². The van der Waals surface area contributed by atoms with Gasteiger partial charge in [0.15, 0.2) is 0 Å². The highest BCUT2D eigenvalue weighted by Crippen LogP contribution is 2.29. The summed E-state index contributed by atoms with van der Waals surface area (Å²) in [6.07, 6.45) is 3.84. The lowest BCUT2D eigenvalue weighted by Gasteiger charge is -2.30. The van der Waals surface area contributed by atoms with Gasteiger partial charge in [0.05, 0.1) is 12.2 Å². The molecular weight excluding hydrogens is 196 g/mol. The minimum Gasteiger partial charge on any atom is -0.375 e. The van der Waals surface area contributed by atoms with E-state index in [0.29, 0.717) is 10.8 Å². The molecule has 0 radical (unpaired) electrons. The second kappa shape index (κ2) is 5.53. The molecule has 0 saturated carbocycles. The van der Waals surface area contributed by atoms with Gasteiger partial charge >= 0.3 is 0 Å². The van der Waals surface area contributed by atoms with E-state index < -0.39 is 0 Å². The van der Waals surface area contributed by atoms with Crippen molar-refractivity contribution in [1.82, 2.24) is 0 Å². The normalized spacial score (nSPS) is 14.2. The van der Waals surface area contributed by atoms with Crippen LogP contribution >= 0.6 is 0 Å². The Balaban J connectivity index is 3.88. The van der Waals surface area contributed by atoms with E-state index in [1.165, 1.54) is 19.3 Å². The van der Waals surface area contributed by atoms with Gasteiger partial charge in [0.1, 0.15) is 0 Å². The molecule has 0 rings (SSSR count). The van der Waals surface area contributed by atoms with Gasteiger partial charge in [-0.05, 0) is 44.4 Å². The summed E-state index contributed by atoms with van der Waals surface area (Å²) in [6.45, 7) is 18.8. The molecule has 16 heavy (non-hydrogen) atoms. The second-order valence-electron chi connectivity index (χ2n) is 7.98. The van der Waals surface area contributed by atoms with Crippen molar-refractivity contribution >= 4 is 0 Å². The standard InChI is InChI=1S/C15H32O/c1-13(2,3)10-9-11-15(7,8)12-16-14(4,5)6/h9-12H2,1-8H3. The topological polar surface area (TPSA) is 9.23 Å². The minimum absolute atomic E-state index is 0.0126. The lowest BCUT2D eigenvalue weighted by molar-refractivity contribution is -0.0457. The van der Waals surface area contributed by atoms with Crippen molar-refractivity contribution in [3.63, 3.8) is 0 Å². The SMILES string of the molecule is CC(C)(C)CCCC(C)(C)COC(C)(C)C. The lowest BCUT2D eigenvalue weighted by Crippen LogP contribution is -2.28. The van der Waals surface area contributed by atoms with Gasteiger partial charge < -0.3 is 4.74 Å². The van der Waals surface area contributed by atoms with Crippen LogP contribution in [0.5, 0.6) is 0 Å². The average Bonchev–Trinajstić information content (AvgIpc) is 1.97. The zero-order chi connectivity index (χ0) is 13.0. The predicted octanol–water partition coefficient (Wildman–Crippen LogP) is 5.04. The highest BCUT2D eigenvalue weighted by atomic mass is 16.5. The van der Waals surface area contributed by atoms with Gasteiger partial charge in [-0.1, -0.05) is 41.0 Å². The van der Waals surface area contributed by atoms with E-state index in [9.17, 15) is 0 Å². The maximum atomic E-state index is 5.88. The quantitative estimate of drug-likeness (QED) is 0.640. The van der Waals surface area contributed by atoms with Gasteiger partial charge in [-0.15, -0.1) is 0 Å². The van der Waals surface area contributed by atoms with E-state index in [1.807, 2.05) is 0 Å². The number of hydrogen-bond acceptors (Lipinski definition) is 1. The summed E-state index contributed by atoms with van der Waals surface area (Å²) in [5.41, 5.74) is 0.751. The number of ether oxygens (including phenoxy) is 1. The van der Waals surface area contributed by atoms with Crippen molar-refractivity contribution in [2.45, 2.75) is 80.3 Å². The molecular formula is C15H32O. The van der Waals surface area contributed by atoms with E-state index in [2.05, 4.69) is 55.4 Å². The molecule has 0 atom stereocenters. The molecule has 0 fully saturated rings. The highest BCUT2D eigenvalue weighted by Gasteiger charge is 2.22. The molecule has 0 heterocycles. The van der Waals surface area contributed by atoms with E-state index in [4.69, 9.17) is 4.74 Å². The zero-order valence-corrected chi connectivity index (χ0v) is 12.7. The maximum absolute atomic E-state index is 5.88. The van der Waals surface area contributed by atoms with Gasteiger partial charge in [-0.2, -0.15) is 0 Å². The molecule has 0 aromatic heterocycles. The smallest absolute Gasteiger partial charge is 0.0598 e. The molecule has 0 saturated heterocycles. The van der Waals surface area contributed by atoms with Crippen LogP contribution in [-0.4, -0.2) is 12.2 Å². The summed E-state index contributed by atoms with van der Waals surface area (Å²) >= 11 is 0. The van der Waals surface area contributed by atoms with Gasteiger partial charge in [0, 0.05) is 0 Å². The van der Waals surface area contributed by atoms with Gasteiger partial charge in [0.2, 0.25) is 0 Å². The van der Waals surface area contributed by atoms with Crippen molar-refractivity contribution in [1.29, 1.82) is 0 Å². The summed E-state index contributed by atoms with van der Waals surface area (Å²) in [5, 5.41) is 0. The van der Waals surface area contributed by atoms with Crippen molar-refractivity contribution < 1.29 is 4.74 Å². The highest BCUT2D eigenvalue weighted by molar-refractivity contribution is 4.72. The van der Waals surface area contributed by atoms with Gasteiger partial charge in [0.25, 0.3) is 0 Å². The summed E-state index contributed by atoms with van der Waals surface area (Å²) in [4.78, 5) is 0. The van der Waals surface area contributed by atoms with Crippen LogP contribution in [0.15, 0.2) is 0 Å². The Kier molecular flexibility index (Phi) is 5.52. The van der Waals surface area contributed by atoms with Crippen LogP contribution in [-0.2, 0) is 4.74 Å². The molecule has 1 nitrogen and oxygen atoms in total. The van der Waals surface area contributed by atoms with E-state index in [-0.39, 0.29) is 5.60 Å². The molecule has 1 heteroatoms. The monoisotopic (exact) mass is 228 g/mol. The van der Waals surface area contributed by atoms with Crippen molar-refractivity contribution in [2.24, 2.45) is 10.8 Å². The molecule has 0 aliphatic rings. The molecule has 0 aromatic carbocycles. The molecule has 0 amide bonds. The van der Waals surface area contributed by atoms with E-state index in [1.54, 1.807) is 0 Å². The lowest BCUT2D eigenvalue weighted by atomic mass is 9.83. The molecule has 0 aliphatic heterocycles. The van der Waals surface area contributed by atoms with Crippen LogP contribution in [0.3, 0.4) is 0 Å². The van der Waals surface area contributed by atoms with Crippen LogP contribution in [0.4, 0.5) is 0 Å². The summed E-state index contributed by atoms with van der Waals surface area (Å²) in [7, 11) is 0. The van der Waals surface area contributed by atoms with Gasteiger partial charge in [-0.3, -0.25) is 0 Å². The molecule has 0 unspecified atom stereocenters. The first kappa shape index (κ1) is 16.0. The van der Waals surface area contributed by atoms with Crippen molar-refractivity contribution in [2.75, 3.05) is 6.61 Å². The molecule has 0 bridgehead atoms. The average molecular weight is 228 g/mol. The third-order valence-electron chi connectivity index (χ3n) is 2.68. The maximum Gasteiger partial charge on any atom is 0.0598 e. The Morgan fingerprint density at radius 1 is 0.750 bits per heavy atom. The molecule has 0 aliphatic carbocycles. The molecule has 0 N–H and O–H groups in total. The van der Waals surface area contributed by atoms with Crippen LogP contribution in [0.2, 0.25) is 0 Å². The third kappa shape index (κ3) is 10.5. The summed E-state index contributed by atoms with van der Waals surface area (Å²) in [6, 6.07) is 0. The Morgan fingerprint density at radius 2 is 1.25 bits per heavy atom. The second-order valence-corrected chi connectivity index (χ2v) is 7.98. The van der Waals surface area contributed by atoms with Crippen LogP contribution in [0.25, 0.3) is 0 Å². The third-order valence-corrected chi connectivity index (χ3v) is 2.68. The molecule has 98 valence electrons. The minimum atomic E-state index is -0.0126. The first-order valence-electron chi connectivity index (χ1n) is 6.55. The van der Waals surface area contributed by atoms with Crippen molar-refractivity contribution in [3.8, 4) is 0 Å². The van der Waals surface area contributed by atoms with Gasteiger partial charge in [-0.25, -0.2) is 0 Å². The Hall–Kier alpha value is -0.0400. The first-order valence-corrected chi connectivity index (χ1v) is 6.55. The fraction of sp³-hybridized carbons (Fsp3) is 1.00. The number of rotatable bonds is 5. The largest absolute Gasteiger partial charge is 0.375 e. The summed E-state index contributed by atoms with van der Waals surface area (Å²) in [5.74, 6) is 0. The fourth-order valence-corrected chi connectivity index (χ4v) is 1.58.